The molecule has 28 heavy (non-hydrogen) atoms. The predicted octanol–water partition coefficient (Wildman–Crippen LogP) is 4.99. The molecule has 0 aliphatic carbocycles. The van der Waals surface area contributed by atoms with Gasteiger partial charge in [0, 0.05) is 16.6 Å². The molecule has 0 heterocycles. The maximum absolute atomic E-state index is 12.5. The molecule has 0 saturated heterocycles. The second-order valence-electron chi connectivity index (χ2n) is 6.28. The van der Waals surface area contributed by atoms with Crippen LogP contribution in [0, 0.1) is 6.92 Å². The Balaban J connectivity index is 1.69. The highest BCUT2D eigenvalue weighted by Gasteiger charge is 2.21. The van der Waals surface area contributed by atoms with Gasteiger partial charge in [-0.1, -0.05) is 54.1 Å². The first kappa shape index (κ1) is 20.4. The van der Waals surface area contributed by atoms with Gasteiger partial charge in [-0.25, -0.2) is 0 Å². The monoisotopic (exact) mass is 431 g/mol. The Labute approximate surface area is 179 Å². The van der Waals surface area contributed by atoms with E-state index in [1.54, 1.807) is 12.1 Å². The van der Waals surface area contributed by atoms with Crippen molar-refractivity contribution in [2.75, 3.05) is 5.32 Å². The molecular weight excluding hydrogens is 413 g/mol. The zero-order valence-corrected chi connectivity index (χ0v) is 17.4. The van der Waals surface area contributed by atoms with Crippen LogP contribution in [0.2, 0.25) is 0 Å². The maximum Gasteiger partial charge on any atom is 0.252 e. The van der Waals surface area contributed by atoms with E-state index >= 15 is 0 Å². The quantitative estimate of drug-likeness (QED) is 0.302. The fraction of sp³-hybridized carbons (Fsp3) is 0.143. The Morgan fingerprint density at radius 2 is 1.61 bits per heavy atom. The van der Waals surface area contributed by atoms with Crippen LogP contribution in [0.3, 0.4) is 0 Å². The number of benzene rings is 3. The lowest BCUT2D eigenvalue weighted by atomic mass is 10.1. The number of rotatable bonds is 5. The third-order valence-corrected chi connectivity index (χ3v) is 4.90. The molecule has 3 aromatic rings. The number of hydrogen-bond acceptors (Lipinski definition) is 2. The predicted molar refractivity (Wildman–Crippen MR) is 121 cm³/mol. The van der Waals surface area contributed by atoms with Crippen molar-refractivity contribution in [3.63, 3.8) is 0 Å². The lowest BCUT2D eigenvalue weighted by Gasteiger charge is -2.23. The Bertz CT molecular complexity index is 987. The molecule has 3 rings (SSSR count). The zero-order valence-electron chi connectivity index (χ0n) is 15.1. The highest BCUT2D eigenvalue weighted by Crippen LogP contribution is 2.23. The van der Waals surface area contributed by atoms with E-state index in [-0.39, 0.29) is 5.91 Å². The largest absolute Gasteiger partial charge is 0.340 e. The minimum Gasteiger partial charge on any atom is -0.340 e. The number of amides is 1. The smallest absolute Gasteiger partial charge is 0.252 e. The van der Waals surface area contributed by atoms with E-state index in [2.05, 4.69) is 16.0 Å². The molecule has 3 aromatic carbocycles. The van der Waals surface area contributed by atoms with E-state index in [4.69, 9.17) is 35.4 Å². The number of carbonyl (C=O) groups is 1. The molecule has 144 valence electrons. The van der Waals surface area contributed by atoms with Crippen molar-refractivity contribution in [1.29, 1.82) is 0 Å². The van der Waals surface area contributed by atoms with Crippen molar-refractivity contribution in [2.45, 2.75) is 17.9 Å². The Hall–Kier alpha value is -2.34. The molecule has 1 amide bonds. The van der Waals surface area contributed by atoms with Crippen molar-refractivity contribution >= 4 is 62.9 Å². The highest BCUT2D eigenvalue weighted by atomic mass is 35.5. The van der Waals surface area contributed by atoms with Crippen LogP contribution in [-0.4, -0.2) is 22.0 Å². The van der Waals surface area contributed by atoms with Gasteiger partial charge in [-0.05, 0) is 42.7 Å². The average molecular weight is 432 g/mol. The summed E-state index contributed by atoms with van der Waals surface area (Å²) >= 11 is 17.5. The Kier molecular flexibility index (Phi) is 6.73. The summed E-state index contributed by atoms with van der Waals surface area (Å²) in [5.74, 6) is -0.295. The van der Waals surface area contributed by atoms with E-state index < -0.39 is 11.0 Å². The van der Waals surface area contributed by atoms with Crippen LogP contribution in [0.25, 0.3) is 10.8 Å². The summed E-state index contributed by atoms with van der Waals surface area (Å²) in [5.41, 5.74) is 2.43. The van der Waals surface area contributed by atoms with Crippen molar-refractivity contribution < 1.29 is 4.79 Å². The first-order valence-corrected chi connectivity index (χ1v) is 9.93. The summed E-state index contributed by atoms with van der Waals surface area (Å²) in [6.45, 7) is 1.96. The van der Waals surface area contributed by atoms with Gasteiger partial charge in [0.1, 0.15) is 11.0 Å². The molecule has 7 heteroatoms. The Morgan fingerprint density at radius 3 is 2.32 bits per heavy atom. The van der Waals surface area contributed by atoms with Crippen molar-refractivity contribution in [2.24, 2.45) is 0 Å². The standard InChI is InChI=1S/C21H19Cl2N3OS/c1-13-9-11-15(12-10-13)20(27)25-19(18(22)23)26-21(28)24-17-8-4-6-14-5-2-3-7-16(14)17/h2-12,18-19H,1H3,(H,25,27)(H2,24,26,28)/t19-/m0/s1. The fourth-order valence-corrected chi connectivity index (χ4v) is 3.21. The van der Waals surface area contributed by atoms with Gasteiger partial charge in [0.05, 0.1) is 0 Å². The highest BCUT2D eigenvalue weighted by molar-refractivity contribution is 7.80. The van der Waals surface area contributed by atoms with Gasteiger partial charge in [-0.3, -0.25) is 4.79 Å². The first-order chi connectivity index (χ1) is 13.4. The average Bonchev–Trinajstić information content (AvgIpc) is 2.68. The van der Waals surface area contributed by atoms with Gasteiger partial charge < -0.3 is 16.0 Å². The van der Waals surface area contributed by atoms with Gasteiger partial charge in [0.15, 0.2) is 5.11 Å². The van der Waals surface area contributed by atoms with E-state index in [1.165, 1.54) is 0 Å². The van der Waals surface area contributed by atoms with Crippen molar-refractivity contribution in [3.05, 3.63) is 77.9 Å². The van der Waals surface area contributed by atoms with Crippen LogP contribution < -0.4 is 16.0 Å². The molecule has 0 aliphatic heterocycles. The third kappa shape index (κ3) is 5.13. The summed E-state index contributed by atoms with van der Waals surface area (Å²) in [6, 6.07) is 21.1. The fourth-order valence-electron chi connectivity index (χ4n) is 2.73. The summed E-state index contributed by atoms with van der Waals surface area (Å²) in [5, 5.41) is 11.3. The lowest BCUT2D eigenvalue weighted by Crippen LogP contribution is -2.52. The van der Waals surface area contributed by atoms with Gasteiger partial charge in [0.2, 0.25) is 0 Å². The van der Waals surface area contributed by atoms with Crippen LogP contribution >= 0.6 is 35.4 Å². The molecule has 1 atom stereocenters. The molecule has 0 spiro atoms. The SMILES string of the molecule is Cc1ccc(C(=O)N[C@@H](NC(=S)Nc2cccc3ccccc23)C(Cl)Cl)cc1. The van der Waals surface area contributed by atoms with Gasteiger partial charge in [0.25, 0.3) is 5.91 Å². The number of carbonyl (C=O) groups excluding carboxylic acids is 1. The van der Waals surface area contributed by atoms with Gasteiger partial charge in [-0.15, -0.1) is 23.2 Å². The van der Waals surface area contributed by atoms with Crippen LogP contribution in [0.1, 0.15) is 15.9 Å². The van der Waals surface area contributed by atoms with Gasteiger partial charge in [-0.2, -0.15) is 0 Å². The number of halogens is 2. The van der Waals surface area contributed by atoms with Crippen LogP contribution in [0.4, 0.5) is 5.69 Å². The molecule has 3 N–H and O–H groups in total. The molecular formula is C21H19Cl2N3OS. The second kappa shape index (κ2) is 9.24. The van der Waals surface area contributed by atoms with Crippen molar-refractivity contribution in [1.82, 2.24) is 10.6 Å². The molecule has 0 bridgehead atoms. The van der Waals surface area contributed by atoms with Gasteiger partial charge >= 0.3 is 0 Å². The minimum atomic E-state index is -0.901. The molecule has 0 radical (unpaired) electrons. The first-order valence-electron chi connectivity index (χ1n) is 8.65. The molecule has 0 unspecified atom stereocenters. The number of nitrogens with one attached hydrogen (secondary N) is 3. The van der Waals surface area contributed by atoms with Crippen LogP contribution in [0.15, 0.2) is 66.7 Å². The number of thiocarbonyl (C=S) groups is 1. The maximum atomic E-state index is 12.5. The zero-order chi connectivity index (χ0) is 20.1. The number of anilines is 1. The number of hydrogen-bond donors (Lipinski definition) is 3. The molecule has 4 nitrogen and oxygen atoms in total. The topological polar surface area (TPSA) is 53.2 Å². The van der Waals surface area contributed by atoms with Crippen molar-refractivity contribution in [3.8, 4) is 0 Å². The normalized spacial score (nSPS) is 11.9. The Morgan fingerprint density at radius 1 is 0.929 bits per heavy atom. The summed E-state index contributed by atoms with van der Waals surface area (Å²) < 4.78 is 0. The van der Waals surface area contributed by atoms with E-state index in [0.29, 0.717) is 10.7 Å². The van der Waals surface area contributed by atoms with Crippen LogP contribution in [-0.2, 0) is 0 Å². The van der Waals surface area contributed by atoms with E-state index in [1.807, 2.05) is 61.5 Å². The molecule has 0 fully saturated rings. The lowest BCUT2D eigenvalue weighted by molar-refractivity contribution is 0.0936. The summed E-state index contributed by atoms with van der Waals surface area (Å²) in [7, 11) is 0. The number of fused-ring (bicyclic) bond motifs is 1. The number of alkyl halides is 2. The number of aryl methyl sites for hydroxylation is 1. The van der Waals surface area contributed by atoms with Crippen LogP contribution in [0.5, 0.6) is 0 Å². The second-order valence-corrected chi connectivity index (χ2v) is 7.85. The summed E-state index contributed by atoms with van der Waals surface area (Å²) in [6.07, 6.45) is -0.757. The molecule has 0 saturated carbocycles. The van der Waals surface area contributed by atoms with E-state index in [0.717, 1.165) is 22.0 Å². The van der Waals surface area contributed by atoms with E-state index in [9.17, 15) is 4.79 Å². The minimum absolute atomic E-state index is 0.295. The molecule has 0 aromatic heterocycles. The summed E-state index contributed by atoms with van der Waals surface area (Å²) in [4.78, 5) is 11.6. The molecule has 0 aliphatic rings. The third-order valence-electron chi connectivity index (χ3n) is 4.18.